The van der Waals surface area contributed by atoms with Gasteiger partial charge in [0.05, 0.1) is 12.3 Å². The normalized spacial score (nSPS) is 34.1. The second-order valence-electron chi connectivity index (χ2n) is 1.43. The molecule has 0 saturated carbocycles. The van der Waals surface area contributed by atoms with Crippen molar-refractivity contribution < 1.29 is 10.3 Å². The molecule has 46 valence electrons. The van der Waals surface area contributed by atoms with Gasteiger partial charge in [0.1, 0.15) is 0 Å². The standard InChI is InChI=1S/C3H6N2O2S/c6-4-3-5(7)1-2-8-3/h5-6H,1-2H2. The molecule has 1 unspecified atom stereocenters. The molecule has 1 aliphatic heterocycles. The number of nitrogens with zero attached hydrogens (tertiary/aromatic N) is 1. The van der Waals surface area contributed by atoms with Gasteiger partial charge < -0.3 is 15.5 Å². The summed E-state index contributed by atoms with van der Waals surface area (Å²) in [6.45, 7) is 0.518. The number of hydrogen-bond donors (Lipinski definition) is 2. The zero-order chi connectivity index (χ0) is 5.98. The van der Waals surface area contributed by atoms with Gasteiger partial charge in [-0.3, -0.25) is 0 Å². The lowest BCUT2D eigenvalue weighted by Gasteiger charge is -2.10. The number of nitrogens with one attached hydrogen (secondary N) is 1. The van der Waals surface area contributed by atoms with Gasteiger partial charge in [0.15, 0.2) is 0 Å². The molecule has 8 heavy (non-hydrogen) atoms. The molecule has 2 N–H and O–H groups in total. The average molecular weight is 134 g/mol. The lowest BCUT2D eigenvalue weighted by atomic mass is 10.7. The minimum absolute atomic E-state index is 0.0440. The maximum absolute atomic E-state index is 10.5. The van der Waals surface area contributed by atoms with Crippen molar-refractivity contribution >= 4 is 16.9 Å². The Bertz CT molecular complexity index is 116. The summed E-state index contributed by atoms with van der Waals surface area (Å²) in [6.07, 6.45) is 0. The maximum atomic E-state index is 10.5. The van der Waals surface area contributed by atoms with Gasteiger partial charge in [0.25, 0.3) is 5.17 Å². The predicted molar refractivity (Wildman–Crippen MR) is 30.9 cm³/mol. The summed E-state index contributed by atoms with van der Waals surface area (Å²) in [5.74, 6) is 0.762. The number of quaternary nitrogens is 1. The lowest BCUT2D eigenvalue weighted by molar-refractivity contribution is -0.737. The van der Waals surface area contributed by atoms with Crippen molar-refractivity contribution in [2.45, 2.75) is 0 Å². The zero-order valence-corrected chi connectivity index (χ0v) is 4.94. The van der Waals surface area contributed by atoms with Gasteiger partial charge >= 0.3 is 0 Å². The Morgan fingerprint density at radius 1 is 1.88 bits per heavy atom. The highest BCUT2D eigenvalue weighted by Gasteiger charge is 2.17. The molecule has 1 saturated heterocycles. The molecule has 0 aromatic carbocycles. The van der Waals surface area contributed by atoms with Crippen LogP contribution < -0.4 is 5.06 Å². The quantitative estimate of drug-likeness (QED) is 0.250. The highest BCUT2D eigenvalue weighted by Crippen LogP contribution is 2.00. The molecule has 1 heterocycles. The van der Waals surface area contributed by atoms with Crippen molar-refractivity contribution in [3.8, 4) is 0 Å². The smallest absolute Gasteiger partial charge is 0.296 e. The van der Waals surface area contributed by atoms with Crippen LogP contribution in [0.25, 0.3) is 0 Å². The third-order valence-corrected chi connectivity index (χ3v) is 1.89. The maximum Gasteiger partial charge on any atom is 0.296 e. The second-order valence-corrected chi connectivity index (χ2v) is 2.51. The first-order chi connectivity index (χ1) is 3.84. The molecule has 0 spiro atoms. The lowest BCUT2D eigenvalue weighted by Crippen LogP contribution is -3.07. The van der Waals surface area contributed by atoms with Crippen LogP contribution in [0.4, 0.5) is 0 Å². The van der Waals surface area contributed by atoms with Crippen LogP contribution in [-0.2, 0) is 0 Å². The van der Waals surface area contributed by atoms with Crippen molar-refractivity contribution in [1.29, 1.82) is 0 Å². The first-order valence-corrected chi connectivity index (χ1v) is 3.21. The molecule has 1 rings (SSSR count). The van der Waals surface area contributed by atoms with Gasteiger partial charge in [-0.05, 0) is 16.9 Å². The van der Waals surface area contributed by atoms with Crippen LogP contribution in [0.15, 0.2) is 5.16 Å². The molecule has 0 amide bonds. The van der Waals surface area contributed by atoms with Crippen LogP contribution in [0.2, 0.25) is 0 Å². The molecular formula is C3H6N2O2S. The highest BCUT2D eigenvalue weighted by atomic mass is 32.2. The van der Waals surface area contributed by atoms with Crippen LogP contribution in [-0.4, -0.2) is 22.7 Å². The Kier molecular flexibility index (Phi) is 1.72. The van der Waals surface area contributed by atoms with Gasteiger partial charge in [-0.25, -0.2) is 0 Å². The fourth-order valence-corrected chi connectivity index (χ4v) is 1.31. The number of hydroxylamine groups is 2. The summed E-state index contributed by atoms with van der Waals surface area (Å²) in [4.78, 5) is 0. The summed E-state index contributed by atoms with van der Waals surface area (Å²) in [6, 6.07) is 0. The minimum atomic E-state index is -0.0440. The van der Waals surface area contributed by atoms with Gasteiger partial charge in [-0.15, -0.1) is 0 Å². The predicted octanol–water partition coefficient (Wildman–Crippen LogP) is -1.14. The van der Waals surface area contributed by atoms with E-state index in [-0.39, 0.29) is 10.2 Å². The third-order valence-electron chi connectivity index (χ3n) is 0.897. The van der Waals surface area contributed by atoms with Crippen LogP contribution in [0.3, 0.4) is 0 Å². The topological polar surface area (TPSA) is 60.1 Å². The Balaban J connectivity index is 2.55. The first kappa shape index (κ1) is 5.87. The first-order valence-electron chi connectivity index (χ1n) is 2.22. The summed E-state index contributed by atoms with van der Waals surface area (Å²) in [5.41, 5.74) is 0. The number of thioether (sulfide) groups is 1. The molecule has 0 aromatic rings. The Labute approximate surface area is 50.7 Å². The molecule has 1 fully saturated rings. The molecule has 0 bridgehead atoms. The van der Waals surface area contributed by atoms with E-state index in [4.69, 9.17) is 5.21 Å². The average Bonchev–Trinajstić information content (AvgIpc) is 2.14. The number of amidine groups is 1. The van der Waals surface area contributed by atoms with E-state index in [1.54, 1.807) is 0 Å². The fourth-order valence-electron chi connectivity index (χ4n) is 0.512. The number of hydrogen-bond acceptors (Lipinski definition) is 4. The molecule has 0 aromatic heterocycles. The Hall–Kier alpha value is -0.260. The molecule has 0 radical (unpaired) electrons. The van der Waals surface area contributed by atoms with Crippen molar-refractivity contribution in [1.82, 2.24) is 0 Å². The Morgan fingerprint density at radius 2 is 2.62 bits per heavy atom. The number of oxime groups is 1. The summed E-state index contributed by atoms with van der Waals surface area (Å²) in [7, 11) is 0. The summed E-state index contributed by atoms with van der Waals surface area (Å²) >= 11 is 1.30. The van der Waals surface area contributed by atoms with Crippen LogP contribution in [0, 0.1) is 5.21 Å². The van der Waals surface area contributed by atoms with E-state index in [1.165, 1.54) is 11.8 Å². The highest BCUT2D eigenvalue weighted by molar-refractivity contribution is 8.13. The van der Waals surface area contributed by atoms with Crippen molar-refractivity contribution in [3.05, 3.63) is 5.21 Å². The van der Waals surface area contributed by atoms with Gasteiger partial charge in [-0.1, -0.05) is 0 Å². The van der Waals surface area contributed by atoms with Crippen molar-refractivity contribution in [2.24, 2.45) is 5.16 Å². The molecular weight excluding hydrogens is 128 g/mol. The molecule has 0 aliphatic carbocycles. The van der Waals surface area contributed by atoms with E-state index in [0.29, 0.717) is 6.54 Å². The van der Waals surface area contributed by atoms with E-state index >= 15 is 0 Å². The fraction of sp³-hybridized carbons (Fsp3) is 0.667. The second kappa shape index (κ2) is 2.34. The van der Waals surface area contributed by atoms with Gasteiger partial charge in [-0.2, -0.15) is 0 Å². The molecule has 5 heteroatoms. The van der Waals surface area contributed by atoms with Gasteiger partial charge in [0.2, 0.25) is 0 Å². The van der Waals surface area contributed by atoms with Crippen LogP contribution in [0.5, 0.6) is 0 Å². The monoisotopic (exact) mass is 134 g/mol. The van der Waals surface area contributed by atoms with Crippen molar-refractivity contribution in [2.75, 3.05) is 12.3 Å². The van der Waals surface area contributed by atoms with Gasteiger partial charge in [0, 0.05) is 0 Å². The van der Waals surface area contributed by atoms with E-state index in [0.717, 1.165) is 5.75 Å². The zero-order valence-electron chi connectivity index (χ0n) is 4.13. The largest absolute Gasteiger partial charge is 0.627 e. The van der Waals surface area contributed by atoms with E-state index < -0.39 is 0 Å². The molecule has 1 atom stereocenters. The number of rotatable bonds is 0. The summed E-state index contributed by atoms with van der Waals surface area (Å²) < 4.78 is 0. The molecule has 1 aliphatic rings. The summed E-state index contributed by atoms with van der Waals surface area (Å²) in [5, 5.41) is 21.6. The van der Waals surface area contributed by atoms with E-state index in [1.807, 2.05) is 0 Å². The van der Waals surface area contributed by atoms with E-state index in [9.17, 15) is 5.21 Å². The van der Waals surface area contributed by atoms with E-state index in [2.05, 4.69) is 5.16 Å². The third kappa shape index (κ3) is 0.936. The van der Waals surface area contributed by atoms with Crippen LogP contribution >= 0.6 is 11.8 Å². The van der Waals surface area contributed by atoms with Crippen molar-refractivity contribution in [3.63, 3.8) is 0 Å². The Morgan fingerprint density at radius 3 is 2.88 bits per heavy atom. The SMILES string of the molecule is [O-][NH+]1CCSC1=NO. The molecule has 4 nitrogen and oxygen atoms in total. The minimum Gasteiger partial charge on any atom is -0.627 e. The van der Waals surface area contributed by atoms with Crippen LogP contribution in [0.1, 0.15) is 0 Å².